The van der Waals surface area contributed by atoms with Crippen LogP contribution in [0.2, 0.25) is 0 Å². The molecular formula is C17H23N3O6S. The molecule has 1 aromatic carbocycles. The van der Waals surface area contributed by atoms with Crippen LogP contribution in [0.1, 0.15) is 29.3 Å². The molecule has 0 radical (unpaired) electrons. The number of nitrogens with zero attached hydrogens (tertiary/aromatic N) is 1. The van der Waals surface area contributed by atoms with E-state index in [0.29, 0.717) is 31.6 Å². The summed E-state index contributed by atoms with van der Waals surface area (Å²) < 4.78 is 30.0. The number of hydrogen-bond acceptors (Lipinski definition) is 6. The van der Waals surface area contributed by atoms with Crippen molar-refractivity contribution in [2.75, 3.05) is 36.8 Å². The molecule has 2 rings (SSSR count). The number of ether oxygens (including phenoxy) is 1. The van der Waals surface area contributed by atoms with Crippen LogP contribution in [0, 0.1) is 0 Å². The fraction of sp³-hybridized carbons (Fsp3) is 0.471. The van der Waals surface area contributed by atoms with Crippen molar-refractivity contribution in [3.05, 3.63) is 29.3 Å². The number of anilines is 1. The SMILES string of the molecule is CCNC(=O)CNC(=O)COC(=O)c1ccc2c(c1)CCCN2S(C)(=O)=O. The quantitative estimate of drug-likeness (QED) is 0.615. The number of esters is 1. The summed E-state index contributed by atoms with van der Waals surface area (Å²) in [6.45, 7) is 1.92. The van der Waals surface area contributed by atoms with Gasteiger partial charge in [-0.05, 0) is 43.5 Å². The molecule has 2 amide bonds. The minimum absolute atomic E-state index is 0.190. The Bertz CT molecular complexity index is 837. The average Bonchev–Trinajstić information content (AvgIpc) is 2.62. The molecule has 0 spiro atoms. The van der Waals surface area contributed by atoms with Gasteiger partial charge in [-0.1, -0.05) is 0 Å². The number of likely N-dealkylation sites (N-methyl/N-ethyl adjacent to an activating group) is 1. The van der Waals surface area contributed by atoms with Gasteiger partial charge in [0.1, 0.15) is 0 Å². The Kier molecular flexibility index (Phi) is 6.78. The third-order valence-electron chi connectivity index (χ3n) is 3.95. The van der Waals surface area contributed by atoms with E-state index in [1.165, 1.54) is 10.4 Å². The Hall–Kier alpha value is -2.62. The van der Waals surface area contributed by atoms with E-state index in [1.807, 2.05) is 0 Å². The summed E-state index contributed by atoms with van der Waals surface area (Å²) in [4.78, 5) is 35.0. The minimum Gasteiger partial charge on any atom is -0.452 e. The molecule has 0 saturated carbocycles. The maximum absolute atomic E-state index is 12.1. The molecule has 0 unspecified atom stereocenters. The van der Waals surface area contributed by atoms with Gasteiger partial charge in [-0.3, -0.25) is 13.9 Å². The summed E-state index contributed by atoms with van der Waals surface area (Å²) in [6.07, 6.45) is 2.44. The number of sulfonamides is 1. The van der Waals surface area contributed by atoms with Gasteiger partial charge in [-0.15, -0.1) is 0 Å². The number of carbonyl (C=O) groups is 3. The van der Waals surface area contributed by atoms with Gasteiger partial charge in [0.25, 0.3) is 5.91 Å². The monoisotopic (exact) mass is 397 g/mol. The number of hydrogen-bond donors (Lipinski definition) is 2. The van der Waals surface area contributed by atoms with Crippen molar-refractivity contribution >= 4 is 33.5 Å². The van der Waals surface area contributed by atoms with E-state index in [4.69, 9.17) is 4.74 Å². The predicted octanol–water partition coefficient (Wildman–Crippen LogP) is -0.192. The van der Waals surface area contributed by atoms with Gasteiger partial charge in [0.2, 0.25) is 15.9 Å². The largest absolute Gasteiger partial charge is 0.452 e. The number of rotatable bonds is 7. The molecular weight excluding hydrogens is 374 g/mol. The summed E-state index contributed by atoms with van der Waals surface area (Å²) in [6, 6.07) is 4.63. The van der Waals surface area contributed by atoms with Gasteiger partial charge in [0.15, 0.2) is 6.61 Å². The van der Waals surface area contributed by atoms with Crippen LogP contribution >= 0.6 is 0 Å². The number of aryl methyl sites for hydroxylation is 1. The van der Waals surface area contributed by atoms with Crippen LogP contribution in [0.15, 0.2) is 18.2 Å². The zero-order valence-electron chi connectivity index (χ0n) is 15.3. The lowest BCUT2D eigenvalue weighted by Crippen LogP contribution is -2.38. The molecule has 1 aromatic rings. The first-order valence-corrected chi connectivity index (χ1v) is 10.4. The molecule has 0 aliphatic carbocycles. The topological polar surface area (TPSA) is 122 Å². The molecule has 1 aliphatic heterocycles. The van der Waals surface area contributed by atoms with Crippen LogP contribution in [-0.2, 0) is 30.8 Å². The predicted molar refractivity (Wildman–Crippen MR) is 98.9 cm³/mol. The van der Waals surface area contributed by atoms with E-state index in [9.17, 15) is 22.8 Å². The Labute approximate surface area is 158 Å². The third-order valence-corrected chi connectivity index (χ3v) is 5.13. The van der Waals surface area contributed by atoms with Crippen molar-refractivity contribution in [1.29, 1.82) is 0 Å². The minimum atomic E-state index is -3.38. The number of fused-ring (bicyclic) bond motifs is 1. The molecule has 10 heteroatoms. The van der Waals surface area contributed by atoms with E-state index in [0.717, 1.165) is 11.8 Å². The standard InChI is InChI=1S/C17H23N3O6S/c1-3-18-15(21)10-19-16(22)11-26-17(23)13-6-7-14-12(9-13)5-4-8-20(14)27(2,24)25/h6-7,9H,3-5,8,10-11H2,1-2H3,(H,18,21)(H,19,22). The molecule has 0 atom stereocenters. The summed E-state index contributed by atoms with van der Waals surface area (Å²) in [7, 11) is -3.38. The summed E-state index contributed by atoms with van der Waals surface area (Å²) in [5.41, 5.74) is 1.53. The molecule has 0 saturated heterocycles. The van der Waals surface area contributed by atoms with Crippen molar-refractivity contribution in [1.82, 2.24) is 10.6 Å². The first-order valence-electron chi connectivity index (χ1n) is 8.53. The second-order valence-electron chi connectivity index (χ2n) is 6.09. The molecule has 148 valence electrons. The van der Waals surface area contributed by atoms with Crippen LogP contribution in [0.25, 0.3) is 0 Å². The molecule has 0 aromatic heterocycles. The normalized spacial score (nSPS) is 13.5. The highest BCUT2D eigenvalue weighted by Crippen LogP contribution is 2.30. The smallest absolute Gasteiger partial charge is 0.338 e. The van der Waals surface area contributed by atoms with E-state index in [2.05, 4.69) is 10.6 Å². The number of amides is 2. The van der Waals surface area contributed by atoms with Gasteiger partial charge in [-0.25, -0.2) is 13.2 Å². The van der Waals surface area contributed by atoms with Crippen LogP contribution < -0.4 is 14.9 Å². The fourth-order valence-electron chi connectivity index (χ4n) is 2.74. The van der Waals surface area contributed by atoms with Gasteiger partial charge < -0.3 is 15.4 Å². The molecule has 0 bridgehead atoms. The van der Waals surface area contributed by atoms with E-state index >= 15 is 0 Å². The van der Waals surface area contributed by atoms with E-state index in [-0.39, 0.29) is 18.0 Å². The highest BCUT2D eigenvalue weighted by molar-refractivity contribution is 7.92. The average molecular weight is 397 g/mol. The number of carbonyl (C=O) groups excluding carboxylic acids is 3. The van der Waals surface area contributed by atoms with Crippen LogP contribution in [0.3, 0.4) is 0 Å². The maximum Gasteiger partial charge on any atom is 0.338 e. The van der Waals surface area contributed by atoms with Gasteiger partial charge in [0, 0.05) is 13.1 Å². The Morgan fingerprint density at radius 1 is 1.19 bits per heavy atom. The molecule has 2 N–H and O–H groups in total. The lowest BCUT2D eigenvalue weighted by atomic mass is 10.0. The zero-order chi connectivity index (χ0) is 20.0. The van der Waals surface area contributed by atoms with Gasteiger partial charge in [-0.2, -0.15) is 0 Å². The zero-order valence-corrected chi connectivity index (χ0v) is 16.1. The summed E-state index contributed by atoms with van der Waals surface area (Å²) >= 11 is 0. The van der Waals surface area contributed by atoms with Crippen molar-refractivity contribution in [2.45, 2.75) is 19.8 Å². The molecule has 9 nitrogen and oxygen atoms in total. The summed E-state index contributed by atoms with van der Waals surface area (Å²) in [5.74, 6) is -1.61. The maximum atomic E-state index is 12.1. The lowest BCUT2D eigenvalue weighted by molar-refractivity contribution is -0.127. The fourth-order valence-corrected chi connectivity index (χ4v) is 3.73. The Balaban J connectivity index is 1.96. The van der Waals surface area contributed by atoms with Crippen LogP contribution in [0.4, 0.5) is 5.69 Å². The lowest BCUT2D eigenvalue weighted by Gasteiger charge is -2.29. The van der Waals surface area contributed by atoms with E-state index < -0.39 is 28.5 Å². The van der Waals surface area contributed by atoms with Crippen molar-refractivity contribution < 1.29 is 27.5 Å². The molecule has 1 heterocycles. The summed E-state index contributed by atoms with van der Waals surface area (Å²) in [5, 5.41) is 4.87. The third kappa shape index (κ3) is 5.68. The highest BCUT2D eigenvalue weighted by atomic mass is 32.2. The van der Waals surface area contributed by atoms with Crippen molar-refractivity contribution in [3.63, 3.8) is 0 Å². The first kappa shape index (κ1) is 20.7. The van der Waals surface area contributed by atoms with Crippen LogP contribution in [-0.4, -0.2) is 58.7 Å². The van der Waals surface area contributed by atoms with Gasteiger partial charge in [0.05, 0.1) is 24.1 Å². The van der Waals surface area contributed by atoms with Gasteiger partial charge >= 0.3 is 5.97 Å². The molecule has 27 heavy (non-hydrogen) atoms. The first-order chi connectivity index (χ1) is 12.7. The second-order valence-corrected chi connectivity index (χ2v) is 8.00. The molecule has 0 fully saturated rings. The second kappa shape index (κ2) is 8.85. The van der Waals surface area contributed by atoms with E-state index in [1.54, 1.807) is 19.1 Å². The van der Waals surface area contributed by atoms with Crippen molar-refractivity contribution in [2.24, 2.45) is 0 Å². The molecule has 1 aliphatic rings. The van der Waals surface area contributed by atoms with Crippen molar-refractivity contribution in [3.8, 4) is 0 Å². The Morgan fingerprint density at radius 2 is 1.93 bits per heavy atom. The highest BCUT2D eigenvalue weighted by Gasteiger charge is 2.25. The van der Waals surface area contributed by atoms with Crippen LogP contribution in [0.5, 0.6) is 0 Å². The Morgan fingerprint density at radius 3 is 2.59 bits per heavy atom. The number of benzene rings is 1. The number of nitrogens with one attached hydrogen (secondary N) is 2.